The van der Waals surface area contributed by atoms with Crippen molar-refractivity contribution in [1.29, 1.82) is 0 Å². The Labute approximate surface area is 152 Å². The minimum atomic E-state index is -3.69. The average molecular weight is 375 g/mol. The predicted octanol–water partition coefficient (Wildman–Crippen LogP) is 1.21. The van der Waals surface area contributed by atoms with Crippen molar-refractivity contribution in [3.63, 3.8) is 0 Å². The zero-order valence-corrected chi connectivity index (χ0v) is 15.7. The van der Waals surface area contributed by atoms with Gasteiger partial charge in [0.15, 0.2) is 0 Å². The summed E-state index contributed by atoms with van der Waals surface area (Å²) in [5, 5.41) is 2.74. The average Bonchev–Trinajstić information content (AvgIpc) is 2.59. The molecule has 8 nitrogen and oxygen atoms in total. The van der Waals surface area contributed by atoms with Crippen molar-refractivity contribution in [2.75, 3.05) is 24.3 Å². The second kappa shape index (κ2) is 7.00. The van der Waals surface area contributed by atoms with Crippen molar-refractivity contribution in [3.05, 3.63) is 41.2 Å². The highest BCUT2D eigenvalue weighted by Crippen LogP contribution is 2.25. The van der Waals surface area contributed by atoms with Crippen LogP contribution in [0.4, 0.5) is 11.6 Å². The predicted molar refractivity (Wildman–Crippen MR) is 98.5 cm³/mol. The fraction of sp³-hybridized carbons (Fsp3) is 0.353. The molecule has 2 N–H and O–H groups in total. The summed E-state index contributed by atoms with van der Waals surface area (Å²) in [6.45, 7) is 1.91. The molecular weight excluding hydrogens is 354 g/mol. The zero-order valence-electron chi connectivity index (χ0n) is 14.9. The molecule has 0 radical (unpaired) electrons. The molecule has 2 aromatic rings. The van der Waals surface area contributed by atoms with Crippen molar-refractivity contribution in [2.45, 2.75) is 31.2 Å². The first kappa shape index (κ1) is 18.3. The largest absolute Gasteiger partial charge is 0.347 e. The zero-order chi connectivity index (χ0) is 18.9. The monoisotopic (exact) mass is 375 g/mol. The highest BCUT2D eigenvalue weighted by atomic mass is 32.2. The third-order valence-corrected chi connectivity index (χ3v) is 5.42. The van der Waals surface area contributed by atoms with Gasteiger partial charge in [0.05, 0.1) is 17.1 Å². The first-order valence-electron chi connectivity index (χ1n) is 8.19. The lowest BCUT2D eigenvalue weighted by Gasteiger charge is -2.17. The number of nitrogens with one attached hydrogen (secondary N) is 2. The summed E-state index contributed by atoms with van der Waals surface area (Å²) >= 11 is 0. The number of benzene rings is 1. The Kier molecular flexibility index (Phi) is 4.92. The van der Waals surface area contributed by atoms with E-state index in [-0.39, 0.29) is 17.3 Å². The van der Waals surface area contributed by atoms with E-state index in [1.807, 2.05) is 21.0 Å². The number of nitrogens with zero attached hydrogens (tertiary/aromatic N) is 3. The van der Waals surface area contributed by atoms with Gasteiger partial charge in [-0.05, 0) is 43.2 Å². The van der Waals surface area contributed by atoms with Crippen molar-refractivity contribution >= 4 is 27.6 Å². The Morgan fingerprint density at radius 2 is 1.96 bits per heavy atom. The Morgan fingerprint density at radius 3 is 2.69 bits per heavy atom. The van der Waals surface area contributed by atoms with Crippen LogP contribution in [0.3, 0.4) is 0 Å². The summed E-state index contributed by atoms with van der Waals surface area (Å²) in [7, 11) is -0.0322. The maximum Gasteiger partial charge on any atom is 0.240 e. The number of rotatable bonds is 5. The smallest absolute Gasteiger partial charge is 0.240 e. The normalized spacial score (nSPS) is 13.9. The third-order valence-electron chi connectivity index (χ3n) is 4.02. The van der Waals surface area contributed by atoms with E-state index in [2.05, 4.69) is 20.0 Å². The lowest BCUT2D eigenvalue weighted by Crippen LogP contribution is -2.25. The third kappa shape index (κ3) is 4.00. The van der Waals surface area contributed by atoms with E-state index in [9.17, 15) is 13.2 Å². The van der Waals surface area contributed by atoms with E-state index in [1.165, 1.54) is 6.07 Å². The number of carbonyl (C=O) groups is 1. The number of sulfonamides is 1. The fourth-order valence-electron chi connectivity index (χ4n) is 2.69. The van der Waals surface area contributed by atoms with Crippen LogP contribution in [0.25, 0.3) is 0 Å². The second-order valence-electron chi connectivity index (χ2n) is 6.39. The summed E-state index contributed by atoms with van der Waals surface area (Å²) < 4.78 is 27.8. The maximum absolute atomic E-state index is 12.6. The molecule has 0 unspecified atom stereocenters. The summed E-state index contributed by atoms with van der Waals surface area (Å²) in [5.74, 6) is 0.478. The summed E-state index contributed by atoms with van der Waals surface area (Å²) in [6.07, 6.45) is 0.888. The maximum atomic E-state index is 12.6. The quantitative estimate of drug-likeness (QED) is 0.814. The first-order chi connectivity index (χ1) is 12.2. The summed E-state index contributed by atoms with van der Waals surface area (Å²) in [5.41, 5.74) is 2.85. The number of aromatic nitrogens is 2. The minimum absolute atomic E-state index is 0.0536. The fourth-order valence-corrected chi connectivity index (χ4v) is 3.74. The van der Waals surface area contributed by atoms with E-state index in [1.54, 1.807) is 23.1 Å². The lowest BCUT2D eigenvalue weighted by molar-refractivity contribution is -0.116. The molecule has 1 amide bonds. The molecule has 0 saturated heterocycles. The van der Waals surface area contributed by atoms with Gasteiger partial charge in [0.2, 0.25) is 21.9 Å². The topological polar surface area (TPSA) is 104 Å². The van der Waals surface area contributed by atoms with Gasteiger partial charge in [0.25, 0.3) is 0 Å². The molecule has 0 saturated carbocycles. The molecule has 1 aliphatic rings. The summed E-state index contributed by atoms with van der Waals surface area (Å²) in [6, 6.07) is 6.47. The van der Waals surface area contributed by atoms with Gasteiger partial charge in [-0.1, -0.05) is 0 Å². The van der Waals surface area contributed by atoms with E-state index in [0.29, 0.717) is 30.2 Å². The number of carbonyl (C=O) groups excluding carboxylic acids is 1. The van der Waals surface area contributed by atoms with Gasteiger partial charge in [-0.25, -0.2) is 23.1 Å². The Balaban J connectivity index is 1.79. The summed E-state index contributed by atoms with van der Waals surface area (Å²) in [4.78, 5) is 22.0. The van der Waals surface area contributed by atoms with Crippen molar-refractivity contribution in [1.82, 2.24) is 14.7 Å². The van der Waals surface area contributed by atoms with Crippen LogP contribution in [-0.2, 0) is 27.8 Å². The van der Waals surface area contributed by atoms with Crippen LogP contribution in [0.2, 0.25) is 0 Å². The Hall–Kier alpha value is -2.52. The number of amides is 1. The Morgan fingerprint density at radius 1 is 1.19 bits per heavy atom. The van der Waals surface area contributed by atoms with Gasteiger partial charge in [-0.15, -0.1) is 0 Å². The molecule has 9 heteroatoms. The van der Waals surface area contributed by atoms with Crippen LogP contribution in [0.1, 0.15) is 23.4 Å². The highest BCUT2D eigenvalue weighted by Gasteiger charge is 2.20. The van der Waals surface area contributed by atoms with Crippen LogP contribution < -0.4 is 14.9 Å². The van der Waals surface area contributed by atoms with Crippen molar-refractivity contribution in [3.8, 4) is 0 Å². The van der Waals surface area contributed by atoms with E-state index in [4.69, 9.17) is 0 Å². The van der Waals surface area contributed by atoms with Gasteiger partial charge in [0.1, 0.15) is 0 Å². The number of hydrogen-bond acceptors (Lipinski definition) is 6. The van der Waals surface area contributed by atoms with Crippen LogP contribution in [0.15, 0.2) is 29.2 Å². The van der Waals surface area contributed by atoms with Gasteiger partial charge in [-0.2, -0.15) is 0 Å². The SMILES string of the molecule is Cc1cc(CNS(=O)(=O)c2ccc3c(c2)CCC(=O)N3)nc(N(C)C)n1. The molecule has 0 atom stereocenters. The van der Waals surface area contributed by atoms with Gasteiger partial charge in [-0.3, -0.25) is 4.79 Å². The van der Waals surface area contributed by atoms with Gasteiger partial charge in [0, 0.05) is 31.9 Å². The Bertz CT molecular complexity index is 957. The van der Waals surface area contributed by atoms with Gasteiger partial charge >= 0.3 is 0 Å². The first-order valence-corrected chi connectivity index (χ1v) is 9.67. The molecule has 0 fully saturated rings. The molecule has 0 bridgehead atoms. The standard InChI is InChI=1S/C17H21N5O3S/c1-11-8-13(20-17(19-11)22(2)3)10-18-26(24,25)14-5-6-15-12(9-14)4-7-16(23)21-15/h5-6,8-9,18H,4,7,10H2,1-3H3,(H,21,23). The minimum Gasteiger partial charge on any atom is -0.347 e. The molecule has 1 aromatic heterocycles. The molecule has 138 valence electrons. The molecule has 26 heavy (non-hydrogen) atoms. The van der Waals surface area contributed by atoms with E-state index >= 15 is 0 Å². The lowest BCUT2D eigenvalue weighted by atomic mass is 10.0. The molecular formula is C17H21N5O3S. The highest BCUT2D eigenvalue weighted by molar-refractivity contribution is 7.89. The molecule has 2 heterocycles. The van der Waals surface area contributed by atoms with Crippen molar-refractivity contribution in [2.24, 2.45) is 0 Å². The van der Waals surface area contributed by atoms with E-state index < -0.39 is 10.0 Å². The molecule has 1 aromatic carbocycles. The molecule has 3 rings (SSSR count). The van der Waals surface area contributed by atoms with Gasteiger partial charge < -0.3 is 10.2 Å². The van der Waals surface area contributed by atoms with Crippen LogP contribution in [0, 0.1) is 6.92 Å². The molecule has 1 aliphatic heterocycles. The number of fused-ring (bicyclic) bond motifs is 1. The number of hydrogen-bond donors (Lipinski definition) is 2. The number of anilines is 2. The second-order valence-corrected chi connectivity index (χ2v) is 8.15. The molecule has 0 aliphatic carbocycles. The number of aryl methyl sites for hydroxylation is 2. The van der Waals surface area contributed by atoms with Crippen LogP contribution in [0.5, 0.6) is 0 Å². The van der Waals surface area contributed by atoms with Crippen molar-refractivity contribution < 1.29 is 13.2 Å². The van der Waals surface area contributed by atoms with Crippen LogP contribution >= 0.6 is 0 Å². The molecule has 0 spiro atoms. The van der Waals surface area contributed by atoms with Crippen LogP contribution in [-0.4, -0.2) is 38.4 Å². The van der Waals surface area contributed by atoms with E-state index in [0.717, 1.165) is 11.3 Å².